The molecular formula is C13H11Cl2N3O2. The van der Waals surface area contributed by atoms with Gasteiger partial charge >= 0.3 is 5.97 Å². The van der Waals surface area contributed by atoms with Crippen molar-refractivity contribution in [1.82, 2.24) is 4.98 Å². The Labute approximate surface area is 125 Å². The number of carbonyl (C=O) groups is 1. The quantitative estimate of drug-likeness (QED) is 0.657. The molecule has 104 valence electrons. The number of anilines is 2. The zero-order chi connectivity index (χ0) is 14.9. The summed E-state index contributed by atoms with van der Waals surface area (Å²) in [6, 6.07) is 6.54. The summed E-state index contributed by atoms with van der Waals surface area (Å²) in [5.41, 5.74) is 13.2. The third-order valence-corrected chi connectivity index (χ3v) is 3.40. The lowest BCUT2D eigenvalue weighted by Gasteiger charge is -2.09. The van der Waals surface area contributed by atoms with Crippen LogP contribution in [0.4, 0.5) is 11.4 Å². The Hall–Kier alpha value is -1.98. The Balaban J connectivity index is 2.60. The Morgan fingerprint density at radius 1 is 1.20 bits per heavy atom. The van der Waals surface area contributed by atoms with Crippen molar-refractivity contribution in [2.75, 3.05) is 18.6 Å². The van der Waals surface area contributed by atoms with E-state index in [1.165, 1.54) is 7.11 Å². The Morgan fingerprint density at radius 2 is 1.90 bits per heavy atom. The van der Waals surface area contributed by atoms with Crippen LogP contribution < -0.4 is 11.5 Å². The number of halogens is 2. The van der Waals surface area contributed by atoms with E-state index in [0.29, 0.717) is 22.0 Å². The third kappa shape index (κ3) is 2.64. The molecule has 0 spiro atoms. The third-order valence-electron chi connectivity index (χ3n) is 2.66. The van der Waals surface area contributed by atoms with Gasteiger partial charge in [0, 0.05) is 5.56 Å². The number of carbonyl (C=O) groups excluding carboxylic acids is 1. The smallest absolute Gasteiger partial charge is 0.358 e. The minimum absolute atomic E-state index is 0.0438. The molecule has 4 N–H and O–H groups in total. The maximum Gasteiger partial charge on any atom is 0.358 e. The first kappa shape index (κ1) is 14.4. The van der Waals surface area contributed by atoms with Gasteiger partial charge in [0.2, 0.25) is 0 Å². The van der Waals surface area contributed by atoms with Crippen molar-refractivity contribution >= 4 is 40.5 Å². The fourth-order valence-corrected chi connectivity index (χ4v) is 1.92. The Kier molecular flexibility index (Phi) is 4.01. The molecule has 0 bridgehead atoms. The fourth-order valence-electron chi connectivity index (χ4n) is 1.63. The number of benzene rings is 1. The van der Waals surface area contributed by atoms with Gasteiger partial charge in [-0.3, -0.25) is 0 Å². The van der Waals surface area contributed by atoms with Crippen LogP contribution in [0.3, 0.4) is 0 Å². The van der Waals surface area contributed by atoms with Crippen molar-refractivity contribution in [2.45, 2.75) is 0 Å². The molecule has 0 saturated heterocycles. The molecule has 0 unspecified atom stereocenters. The van der Waals surface area contributed by atoms with Gasteiger partial charge in [0.1, 0.15) is 0 Å². The van der Waals surface area contributed by atoms with Crippen molar-refractivity contribution in [1.29, 1.82) is 0 Å². The second kappa shape index (κ2) is 5.56. The topological polar surface area (TPSA) is 91.2 Å². The monoisotopic (exact) mass is 311 g/mol. The largest absolute Gasteiger partial charge is 0.464 e. The molecule has 1 heterocycles. The van der Waals surface area contributed by atoms with Crippen molar-refractivity contribution in [3.8, 4) is 11.3 Å². The number of hydrogen-bond donors (Lipinski definition) is 2. The van der Waals surface area contributed by atoms with Crippen LogP contribution in [0.25, 0.3) is 11.3 Å². The van der Waals surface area contributed by atoms with Crippen LogP contribution >= 0.6 is 23.2 Å². The second-order valence-corrected chi connectivity index (χ2v) is 4.77. The molecule has 0 amide bonds. The van der Waals surface area contributed by atoms with Crippen LogP contribution in [0.15, 0.2) is 24.3 Å². The predicted octanol–water partition coefficient (Wildman–Crippen LogP) is 3.01. The lowest BCUT2D eigenvalue weighted by molar-refractivity contribution is 0.0594. The molecule has 7 heteroatoms. The van der Waals surface area contributed by atoms with E-state index >= 15 is 0 Å². The number of nitrogens with two attached hydrogens (primary N) is 2. The number of methoxy groups -OCH3 is 1. The number of nitrogens with zero attached hydrogens (tertiary/aromatic N) is 1. The zero-order valence-corrected chi connectivity index (χ0v) is 12.0. The summed E-state index contributed by atoms with van der Waals surface area (Å²) in [5, 5.41) is 0.492. The van der Waals surface area contributed by atoms with Crippen LogP contribution in [0, 0.1) is 0 Å². The summed E-state index contributed by atoms with van der Waals surface area (Å²) in [6.07, 6.45) is 0. The summed E-state index contributed by atoms with van der Waals surface area (Å²) in [4.78, 5) is 15.8. The predicted molar refractivity (Wildman–Crippen MR) is 79.9 cm³/mol. The molecule has 1 aromatic heterocycles. The lowest BCUT2D eigenvalue weighted by atomic mass is 10.1. The molecule has 0 aliphatic heterocycles. The SMILES string of the molecule is COC(=O)c1nc(-c2ccc(Cl)c(N)c2)cc(N)c1Cl. The van der Waals surface area contributed by atoms with E-state index in [4.69, 9.17) is 34.7 Å². The van der Waals surface area contributed by atoms with Gasteiger partial charge in [-0.25, -0.2) is 9.78 Å². The molecule has 1 aromatic carbocycles. The number of hydrogen-bond acceptors (Lipinski definition) is 5. The highest BCUT2D eigenvalue weighted by atomic mass is 35.5. The van der Waals surface area contributed by atoms with Gasteiger partial charge in [-0.1, -0.05) is 29.3 Å². The second-order valence-electron chi connectivity index (χ2n) is 3.99. The number of rotatable bonds is 2. The zero-order valence-electron chi connectivity index (χ0n) is 10.5. The Bertz CT molecular complexity index is 690. The molecule has 0 aliphatic carbocycles. The van der Waals surface area contributed by atoms with Gasteiger partial charge in [0.25, 0.3) is 0 Å². The van der Waals surface area contributed by atoms with Crippen LogP contribution in [0.5, 0.6) is 0 Å². The maximum atomic E-state index is 11.6. The summed E-state index contributed by atoms with van der Waals surface area (Å²) in [7, 11) is 1.24. The minimum Gasteiger partial charge on any atom is -0.464 e. The van der Waals surface area contributed by atoms with E-state index in [2.05, 4.69) is 9.72 Å². The molecule has 0 aliphatic rings. The van der Waals surface area contributed by atoms with Crippen molar-refractivity contribution in [3.05, 3.63) is 40.0 Å². The van der Waals surface area contributed by atoms with Gasteiger partial charge < -0.3 is 16.2 Å². The molecule has 0 atom stereocenters. The van der Waals surface area contributed by atoms with Crippen LogP contribution in [0.2, 0.25) is 10.0 Å². The van der Waals surface area contributed by atoms with Crippen molar-refractivity contribution in [3.63, 3.8) is 0 Å². The molecule has 2 aromatic rings. The van der Waals surface area contributed by atoms with E-state index in [9.17, 15) is 4.79 Å². The maximum absolute atomic E-state index is 11.6. The van der Waals surface area contributed by atoms with E-state index < -0.39 is 5.97 Å². The minimum atomic E-state index is -0.662. The molecule has 0 saturated carbocycles. The van der Waals surface area contributed by atoms with Gasteiger partial charge in [0.05, 0.1) is 34.2 Å². The summed E-state index contributed by atoms with van der Waals surface area (Å²) >= 11 is 11.8. The average Bonchev–Trinajstić information content (AvgIpc) is 2.44. The van der Waals surface area contributed by atoms with Crippen LogP contribution in [0.1, 0.15) is 10.5 Å². The molecule has 20 heavy (non-hydrogen) atoms. The molecule has 0 fully saturated rings. The first-order valence-electron chi connectivity index (χ1n) is 5.53. The van der Waals surface area contributed by atoms with Crippen LogP contribution in [-0.4, -0.2) is 18.1 Å². The summed E-state index contributed by atoms with van der Waals surface area (Å²) in [5.74, 6) is -0.662. The fraction of sp³-hybridized carbons (Fsp3) is 0.0769. The molecule has 0 radical (unpaired) electrons. The van der Waals surface area contributed by atoms with Crippen LogP contribution in [-0.2, 0) is 4.74 Å². The summed E-state index contributed by atoms with van der Waals surface area (Å²) in [6.45, 7) is 0. The molecule has 2 rings (SSSR count). The molecular weight excluding hydrogens is 301 g/mol. The average molecular weight is 312 g/mol. The van der Waals surface area contributed by atoms with Gasteiger partial charge in [-0.2, -0.15) is 0 Å². The highest BCUT2D eigenvalue weighted by Gasteiger charge is 2.17. The lowest BCUT2D eigenvalue weighted by Crippen LogP contribution is -2.08. The number of pyridine rings is 1. The van der Waals surface area contributed by atoms with Gasteiger partial charge in [-0.05, 0) is 18.2 Å². The normalized spacial score (nSPS) is 10.3. The van der Waals surface area contributed by atoms with Gasteiger partial charge in [0.15, 0.2) is 5.69 Å². The molecule has 5 nitrogen and oxygen atoms in total. The van der Waals surface area contributed by atoms with E-state index in [-0.39, 0.29) is 16.4 Å². The van der Waals surface area contributed by atoms with Gasteiger partial charge in [-0.15, -0.1) is 0 Å². The first-order valence-corrected chi connectivity index (χ1v) is 6.29. The summed E-state index contributed by atoms with van der Waals surface area (Å²) < 4.78 is 4.62. The highest BCUT2D eigenvalue weighted by Crippen LogP contribution is 2.30. The van der Waals surface area contributed by atoms with E-state index in [0.717, 1.165) is 0 Å². The van der Waals surface area contributed by atoms with E-state index in [1.54, 1.807) is 24.3 Å². The number of ether oxygens (including phenoxy) is 1. The standard InChI is InChI=1S/C13H11Cl2N3O2/c1-20-13(19)12-11(15)9(17)5-10(18-12)6-2-3-7(14)8(16)4-6/h2-5H,16H2,1H3,(H2,17,18). The number of nitrogen functional groups attached to an aromatic ring is 2. The number of esters is 1. The van der Waals surface area contributed by atoms with E-state index in [1.807, 2.05) is 0 Å². The van der Waals surface area contributed by atoms with Crippen molar-refractivity contribution in [2.24, 2.45) is 0 Å². The number of aromatic nitrogens is 1. The first-order chi connectivity index (χ1) is 9.43. The van der Waals surface area contributed by atoms with Crippen molar-refractivity contribution < 1.29 is 9.53 Å². The highest BCUT2D eigenvalue weighted by molar-refractivity contribution is 6.35. The Morgan fingerprint density at radius 3 is 2.50 bits per heavy atom.